The van der Waals surface area contributed by atoms with Crippen molar-refractivity contribution in [2.45, 2.75) is 45.2 Å². The van der Waals surface area contributed by atoms with Gasteiger partial charge in [-0.2, -0.15) is 0 Å². The minimum atomic E-state index is -0.696. The van der Waals surface area contributed by atoms with Crippen LogP contribution in [0.25, 0.3) is 0 Å². The van der Waals surface area contributed by atoms with Crippen molar-refractivity contribution < 1.29 is 9.53 Å². The maximum Gasteiger partial charge on any atom is 0.404 e. The summed E-state index contributed by atoms with van der Waals surface area (Å²) in [6, 6.07) is 1.17. The first-order valence-electron chi connectivity index (χ1n) is 6.49. The lowest BCUT2D eigenvalue weighted by molar-refractivity contribution is 0.155. The van der Waals surface area contributed by atoms with Crippen LogP contribution in [0.1, 0.15) is 33.1 Å². The molecule has 5 heteroatoms. The lowest BCUT2D eigenvalue weighted by Gasteiger charge is -2.24. The van der Waals surface area contributed by atoms with E-state index in [0.717, 1.165) is 13.0 Å². The average Bonchev–Trinajstić information content (AvgIpc) is 2.49. The van der Waals surface area contributed by atoms with Gasteiger partial charge in [0.2, 0.25) is 0 Å². The van der Waals surface area contributed by atoms with Crippen LogP contribution in [0.5, 0.6) is 0 Å². The van der Waals surface area contributed by atoms with E-state index in [1.54, 1.807) is 0 Å². The highest BCUT2D eigenvalue weighted by Gasteiger charge is 2.17. The van der Waals surface area contributed by atoms with Crippen molar-refractivity contribution in [2.24, 2.45) is 5.73 Å². The summed E-state index contributed by atoms with van der Waals surface area (Å²) in [6.07, 6.45) is 2.89. The minimum absolute atomic E-state index is 0.361. The fraction of sp³-hybridized carbons (Fsp3) is 0.917. The number of nitrogens with zero attached hydrogens (tertiary/aromatic N) is 1. The van der Waals surface area contributed by atoms with Crippen molar-refractivity contribution in [1.82, 2.24) is 10.2 Å². The van der Waals surface area contributed by atoms with E-state index >= 15 is 0 Å². The zero-order valence-corrected chi connectivity index (χ0v) is 10.9. The zero-order chi connectivity index (χ0) is 12.7. The van der Waals surface area contributed by atoms with Crippen LogP contribution in [0, 0.1) is 0 Å². The first kappa shape index (κ1) is 14.3. The number of likely N-dealkylation sites (tertiary alicyclic amines) is 1. The number of carbonyl (C=O) groups excluding carboxylic acids is 1. The van der Waals surface area contributed by atoms with Gasteiger partial charge in [0, 0.05) is 18.6 Å². The summed E-state index contributed by atoms with van der Waals surface area (Å²) in [4.78, 5) is 12.9. The topological polar surface area (TPSA) is 67.6 Å². The van der Waals surface area contributed by atoms with Crippen molar-refractivity contribution >= 4 is 6.09 Å². The Kier molecular flexibility index (Phi) is 6.29. The number of carbonyl (C=O) groups is 1. The second kappa shape index (κ2) is 7.50. The maximum atomic E-state index is 10.4. The number of nitrogens with one attached hydrogen (secondary N) is 1. The molecule has 100 valence electrons. The molecule has 0 aromatic heterocycles. The van der Waals surface area contributed by atoms with E-state index in [4.69, 9.17) is 5.73 Å². The third-order valence-corrected chi connectivity index (χ3v) is 3.27. The Morgan fingerprint density at radius 1 is 1.47 bits per heavy atom. The van der Waals surface area contributed by atoms with E-state index < -0.39 is 6.09 Å². The Labute approximate surface area is 104 Å². The van der Waals surface area contributed by atoms with E-state index in [9.17, 15) is 4.79 Å². The Balaban J connectivity index is 2.16. The minimum Gasteiger partial charge on any atom is -0.448 e. The SMILES string of the molecule is CC(C)N1CCCC(NCCOC(N)=O)CC1. The molecule has 0 aromatic rings. The summed E-state index contributed by atoms with van der Waals surface area (Å²) in [5, 5.41) is 3.42. The smallest absolute Gasteiger partial charge is 0.404 e. The van der Waals surface area contributed by atoms with Crippen LogP contribution in [-0.4, -0.2) is 49.3 Å². The van der Waals surface area contributed by atoms with Crippen LogP contribution in [0.4, 0.5) is 4.79 Å². The second-order valence-electron chi connectivity index (χ2n) is 4.88. The molecule has 1 atom stereocenters. The molecule has 17 heavy (non-hydrogen) atoms. The van der Waals surface area contributed by atoms with Crippen molar-refractivity contribution in [2.75, 3.05) is 26.2 Å². The first-order valence-corrected chi connectivity index (χ1v) is 6.49. The fourth-order valence-corrected chi connectivity index (χ4v) is 2.25. The van der Waals surface area contributed by atoms with Gasteiger partial charge < -0.3 is 20.7 Å². The zero-order valence-electron chi connectivity index (χ0n) is 10.9. The number of hydrogen-bond acceptors (Lipinski definition) is 4. The van der Waals surface area contributed by atoms with Crippen molar-refractivity contribution in [3.8, 4) is 0 Å². The molecular weight excluding hydrogens is 218 g/mol. The molecule has 1 aliphatic rings. The Morgan fingerprint density at radius 2 is 2.24 bits per heavy atom. The molecule has 5 nitrogen and oxygen atoms in total. The predicted molar refractivity (Wildman–Crippen MR) is 67.9 cm³/mol. The lowest BCUT2D eigenvalue weighted by Crippen LogP contribution is -2.35. The Hall–Kier alpha value is -0.810. The van der Waals surface area contributed by atoms with Crippen molar-refractivity contribution in [3.63, 3.8) is 0 Å². The molecule has 0 saturated carbocycles. The molecule has 0 aromatic carbocycles. The third kappa shape index (κ3) is 5.89. The molecule has 1 aliphatic heterocycles. The van der Waals surface area contributed by atoms with Gasteiger partial charge in [-0.15, -0.1) is 0 Å². The van der Waals surface area contributed by atoms with Gasteiger partial charge in [0.25, 0.3) is 0 Å². The summed E-state index contributed by atoms with van der Waals surface area (Å²) in [6.45, 7) is 7.87. The molecule has 0 bridgehead atoms. The molecule has 1 saturated heterocycles. The van der Waals surface area contributed by atoms with Gasteiger partial charge in [0.05, 0.1) is 0 Å². The summed E-state index contributed by atoms with van der Waals surface area (Å²) < 4.78 is 4.69. The third-order valence-electron chi connectivity index (χ3n) is 3.27. The molecule has 0 spiro atoms. The van der Waals surface area contributed by atoms with Crippen LogP contribution in [0.15, 0.2) is 0 Å². The monoisotopic (exact) mass is 243 g/mol. The largest absolute Gasteiger partial charge is 0.448 e. The molecular formula is C12H25N3O2. The summed E-state index contributed by atoms with van der Waals surface area (Å²) in [5.74, 6) is 0. The number of primary amides is 1. The van der Waals surface area contributed by atoms with Gasteiger partial charge in [0.15, 0.2) is 0 Å². The second-order valence-corrected chi connectivity index (χ2v) is 4.88. The molecule has 1 unspecified atom stereocenters. The van der Waals surface area contributed by atoms with Crippen molar-refractivity contribution in [1.29, 1.82) is 0 Å². The van der Waals surface area contributed by atoms with E-state index in [1.807, 2.05) is 0 Å². The van der Waals surface area contributed by atoms with Crippen LogP contribution < -0.4 is 11.1 Å². The number of ether oxygens (including phenoxy) is 1. The predicted octanol–water partition coefficient (Wildman–Crippen LogP) is 0.934. The van der Waals surface area contributed by atoms with Gasteiger partial charge in [0.1, 0.15) is 6.61 Å². The normalized spacial score (nSPS) is 22.4. The van der Waals surface area contributed by atoms with Gasteiger partial charge in [-0.3, -0.25) is 0 Å². The summed E-state index contributed by atoms with van der Waals surface area (Å²) in [7, 11) is 0. The number of amides is 1. The quantitative estimate of drug-likeness (QED) is 0.705. The Bertz CT molecular complexity index is 234. The average molecular weight is 243 g/mol. The highest BCUT2D eigenvalue weighted by atomic mass is 16.5. The molecule has 1 rings (SSSR count). The van der Waals surface area contributed by atoms with E-state index in [0.29, 0.717) is 25.2 Å². The summed E-state index contributed by atoms with van der Waals surface area (Å²) >= 11 is 0. The highest BCUT2D eigenvalue weighted by Crippen LogP contribution is 2.13. The first-order chi connectivity index (χ1) is 8.09. The fourth-order valence-electron chi connectivity index (χ4n) is 2.25. The van der Waals surface area contributed by atoms with Crippen LogP contribution in [-0.2, 0) is 4.74 Å². The number of hydrogen-bond donors (Lipinski definition) is 2. The number of rotatable bonds is 5. The van der Waals surface area contributed by atoms with Crippen LogP contribution in [0.3, 0.4) is 0 Å². The van der Waals surface area contributed by atoms with Gasteiger partial charge in [-0.1, -0.05) is 0 Å². The Morgan fingerprint density at radius 3 is 2.88 bits per heavy atom. The molecule has 0 radical (unpaired) electrons. The van der Waals surface area contributed by atoms with Gasteiger partial charge in [-0.25, -0.2) is 4.79 Å². The van der Waals surface area contributed by atoms with Crippen LogP contribution in [0.2, 0.25) is 0 Å². The number of nitrogens with two attached hydrogens (primary N) is 1. The lowest BCUT2D eigenvalue weighted by atomic mass is 10.1. The standard InChI is InChI=1S/C12H25N3O2/c1-10(2)15-7-3-4-11(5-8-15)14-6-9-17-12(13)16/h10-11,14H,3-9H2,1-2H3,(H2,13,16). The van der Waals surface area contributed by atoms with Gasteiger partial charge >= 0.3 is 6.09 Å². The van der Waals surface area contributed by atoms with Gasteiger partial charge in [-0.05, 0) is 46.2 Å². The molecule has 1 fully saturated rings. The molecule has 0 aliphatic carbocycles. The maximum absolute atomic E-state index is 10.4. The highest BCUT2D eigenvalue weighted by molar-refractivity contribution is 5.64. The molecule has 3 N–H and O–H groups in total. The van der Waals surface area contributed by atoms with Crippen LogP contribution >= 0.6 is 0 Å². The molecule has 1 amide bonds. The van der Waals surface area contributed by atoms with Crippen molar-refractivity contribution in [3.05, 3.63) is 0 Å². The van der Waals surface area contributed by atoms with E-state index in [2.05, 4.69) is 28.8 Å². The van der Waals surface area contributed by atoms with E-state index in [1.165, 1.54) is 19.4 Å². The molecule has 1 heterocycles. The van der Waals surface area contributed by atoms with E-state index in [-0.39, 0.29) is 0 Å². The summed E-state index contributed by atoms with van der Waals surface area (Å²) in [5.41, 5.74) is 4.89.